The van der Waals surface area contributed by atoms with Crippen LogP contribution in [0.15, 0.2) is 35.7 Å². The molecular formula is C27H31N5O3S2. The Morgan fingerprint density at radius 2 is 2.00 bits per heavy atom. The zero-order valence-corrected chi connectivity index (χ0v) is 23.0. The van der Waals surface area contributed by atoms with Gasteiger partial charge in [0.15, 0.2) is 11.5 Å². The Bertz CT molecular complexity index is 1420. The van der Waals surface area contributed by atoms with E-state index in [1.165, 1.54) is 10.4 Å². The van der Waals surface area contributed by atoms with Crippen molar-refractivity contribution >= 4 is 44.7 Å². The van der Waals surface area contributed by atoms with Crippen LogP contribution in [-0.4, -0.2) is 44.3 Å². The number of anilines is 2. The molecule has 2 fully saturated rings. The Morgan fingerprint density at radius 1 is 1.16 bits per heavy atom. The largest absolute Gasteiger partial charge is 0.396 e. The van der Waals surface area contributed by atoms with Gasteiger partial charge in [0.05, 0.1) is 28.0 Å². The number of fused-ring (bicyclic) bond motifs is 2. The predicted octanol–water partition coefficient (Wildman–Crippen LogP) is 5.71. The molecule has 1 aliphatic carbocycles. The summed E-state index contributed by atoms with van der Waals surface area (Å²) in [5.74, 6) is 0.407. The first-order valence-electron chi connectivity index (χ1n) is 12.5. The van der Waals surface area contributed by atoms with Crippen LogP contribution in [0.1, 0.15) is 42.8 Å². The van der Waals surface area contributed by atoms with Crippen LogP contribution in [0, 0.1) is 19.8 Å². The Kier molecular flexibility index (Phi) is 6.20. The van der Waals surface area contributed by atoms with Crippen molar-refractivity contribution in [3.8, 4) is 10.6 Å². The maximum atomic E-state index is 10.0. The van der Waals surface area contributed by atoms with E-state index < -0.39 is 11.5 Å². The summed E-state index contributed by atoms with van der Waals surface area (Å²) >= 11 is 3.34. The second-order valence-electron chi connectivity index (χ2n) is 10.3. The fraction of sp³-hybridized carbons (Fsp3) is 0.444. The van der Waals surface area contributed by atoms with Crippen LogP contribution < -0.4 is 10.6 Å². The van der Waals surface area contributed by atoms with Crippen molar-refractivity contribution < 1.29 is 14.6 Å². The van der Waals surface area contributed by atoms with Crippen molar-refractivity contribution in [2.24, 2.45) is 5.92 Å². The number of thiazole rings is 1. The highest BCUT2D eigenvalue weighted by Crippen LogP contribution is 2.50. The van der Waals surface area contributed by atoms with Crippen molar-refractivity contribution in [1.29, 1.82) is 0 Å². The smallest absolute Gasteiger partial charge is 0.225 e. The third kappa shape index (κ3) is 4.61. The van der Waals surface area contributed by atoms with Crippen LogP contribution in [0.4, 0.5) is 11.8 Å². The third-order valence-electron chi connectivity index (χ3n) is 6.98. The van der Waals surface area contributed by atoms with Crippen molar-refractivity contribution in [2.75, 3.05) is 17.2 Å². The zero-order chi connectivity index (χ0) is 25.8. The minimum absolute atomic E-state index is 0.0113. The van der Waals surface area contributed by atoms with Gasteiger partial charge in [-0.3, -0.25) is 0 Å². The second-order valence-corrected chi connectivity index (χ2v) is 12.3. The zero-order valence-electron chi connectivity index (χ0n) is 21.4. The number of thiophene rings is 1. The molecule has 3 atom stereocenters. The van der Waals surface area contributed by atoms with Crippen molar-refractivity contribution in [3.63, 3.8) is 0 Å². The van der Waals surface area contributed by atoms with Crippen LogP contribution in [0.2, 0.25) is 0 Å². The molecule has 0 amide bonds. The molecule has 0 radical (unpaired) electrons. The van der Waals surface area contributed by atoms with E-state index in [1.807, 2.05) is 39.0 Å². The molecule has 3 unspecified atom stereocenters. The van der Waals surface area contributed by atoms with Gasteiger partial charge in [0.2, 0.25) is 5.95 Å². The number of nitrogens with zero attached hydrogens (tertiary/aromatic N) is 3. The number of aryl methyl sites for hydroxylation is 2. The molecule has 10 heteroatoms. The Morgan fingerprint density at radius 3 is 2.76 bits per heavy atom. The lowest BCUT2D eigenvalue weighted by Crippen LogP contribution is -2.46. The van der Waals surface area contributed by atoms with Crippen LogP contribution >= 0.6 is 22.7 Å². The van der Waals surface area contributed by atoms with E-state index in [0.29, 0.717) is 24.7 Å². The van der Waals surface area contributed by atoms with Crippen molar-refractivity contribution in [2.45, 2.75) is 64.7 Å². The van der Waals surface area contributed by atoms with E-state index in [4.69, 9.17) is 24.4 Å². The summed E-state index contributed by atoms with van der Waals surface area (Å²) in [7, 11) is 0. The highest BCUT2D eigenvalue weighted by atomic mass is 32.1. The maximum Gasteiger partial charge on any atom is 0.225 e. The molecule has 1 saturated heterocycles. The SMILES string of the molecule is Cc1csc(CNc2nc(C)c(-c3nc4ccccc4s3)c(NC34CCC(CO)C3OC(C)(C)O4)n2)c1. The van der Waals surface area contributed by atoms with E-state index in [2.05, 4.69) is 35.1 Å². The van der Waals surface area contributed by atoms with Gasteiger partial charge in [0.1, 0.15) is 16.9 Å². The molecule has 0 bridgehead atoms. The van der Waals surface area contributed by atoms with Gasteiger partial charge in [0.25, 0.3) is 0 Å². The molecule has 4 heterocycles. The molecular weight excluding hydrogens is 506 g/mol. The van der Waals surface area contributed by atoms with Crippen LogP contribution in [-0.2, 0) is 16.0 Å². The van der Waals surface area contributed by atoms with Crippen LogP contribution in [0.25, 0.3) is 20.8 Å². The number of para-hydroxylation sites is 1. The van der Waals surface area contributed by atoms with Crippen LogP contribution in [0.5, 0.6) is 0 Å². The fourth-order valence-corrected chi connectivity index (χ4v) is 7.30. The molecule has 1 aromatic carbocycles. The Hall–Kier alpha value is -2.63. The van der Waals surface area contributed by atoms with E-state index in [0.717, 1.165) is 32.9 Å². The molecule has 8 nitrogen and oxygen atoms in total. The number of benzene rings is 1. The highest BCUT2D eigenvalue weighted by molar-refractivity contribution is 7.21. The number of aliphatic hydroxyl groups excluding tert-OH is 1. The number of hydrogen-bond acceptors (Lipinski definition) is 10. The summed E-state index contributed by atoms with van der Waals surface area (Å²) in [6.07, 6.45) is 1.20. The quantitative estimate of drug-likeness (QED) is 0.276. The fourth-order valence-electron chi connectivity index (χ4n) is 5.42. The van der Waals surface area contributed by atoms with Gasteiger partial charge in [-0.25, -0.2) is 9.97 Å². The summed E-state index contributed by atoms with van der Waals surface area (Å²) in [6.45, 7) is 8.61. The number of hydrogen-bond donors (Lipinski definition) is 3. The standard InChI is InChI=1S/C27H31N5O3S2/c1-15-11-18(36-14-15)12-28-25-29-16(2)21(24-30-19-7-5-6-8-20(19)37-24)23(31-25)32-27-10-9-17(13-33)22(27)34-26(3,4)35-27/h5-8,11,14,17,22,33H,9-10,12-13H2,1-4H3,(H2,28,29,31,32). The maximum absolute atomic E-state index is 10.0. The highest BCUT2D eigenvalue weighted by Gasteiger charge is 2.60. The Balaban J connectivity index is 1.42. The molecule has 6 rings (SSSR count). The number of ether oxygens (including phenoxy) is 2. The molecule has 3 aromatic heterocycles. The van der Waals surface area contributed by atoms with Crippen LogP contribution in [0.3, 0.4) is 0 Å². The van der Waals surface area contributed by atoms with E-state index >= 15 is 0 Å². The topological polar surface area (TPSA) is 101 Å². The van der Waals surface area contributed by atoms with Crippen molar-refractivity contribution in [1.82, 2.24) is 15.0 Å². The molecule has 194 valence electrons. The number of rotatable bonds is 7. The number of nitrogens with one attached hydrogen (secondary N) is 2. The first-order chi connectivity index (χ1) is 17.7. The lowest BCUT2D eigenvalue weighted by atomic mass is 10.0. The first-order valence-corrected chi connectivity index (χ1v) is 14.2. The molecule has 1 aliphatic heterocycles. The van der Waals surface area contributed by atoms with Gasteiger partial charge in [-0.2, -0.15) is 4.98 Å². The summed E-state index contributed by atoms with van der Waals surface area (Å²) in [4.78, 5) is 15.9. The minimum atomic E-state index is -0.800. The number of aliphatic hydroxyl groups is 1. The van der Waals surface area contributed by atoms with Gasteiger partial charge < -0.3 is 25.2 Å². The van der Waals surface area contributed by atoms with Gasteiger partial charge in [-0.1, -0.05) is 12.1 Å². The first kappa shape index (κ1) is 24.7. The van der Waals surface area contributed by atoms with E-state index in [9.17, 15) is 5.11 Å². The molecule has 4 aromatic rings. The lowest BCUT2D eigenvalue weighted by Gasteiger charge is -2.31. The van der Waals surface area contributed by atoms with Gasteiger partial charge >= 0.3 is 0 Å². The molecule has 2 aliphatic rings. The molecule has 0 spiro atoms. The summed E-state index contributed by atoms with van der Waals surface area (Å²) in [5, 5.41) is 20.1. The second kappa shape index (κ2) is 9.28. The third-order valence-corrected chi connectivity index (χ3v) is 9.09. The summed E-state index contributed by atoms with van der Waals surface area (Å²) < 4.78 is 13.9. The van der Waals surface area contributed by atoms with Gasteiger partial charge in [0, 0.05) is 17.4 Å². The van der Waals surface area contributed by atoms with Gasteiger partial charge in [-0.15, -0.1) is 22.7 Å². The average Bonchev–Trinajstić information content (AvgIpc) is 3.58. The molecule has 37 heavy (non-hydrogen) atoms. The summed E-state index contributed by atoms with van der Waals surface area (Å²) in [6, 6.07) is 10.3. The normalized spacial score (nSPS) is 24.5. The lowest BCUT2D eigenvalue weighted by molar-refractivity contribution is -0.168. The summed E-state index contributed by atoms with van der Waals surface area (Å²) in [5.41, 5.74) is 3.07. The number of aromatic nitrogens is 3. The van der Waals surface area contributed by atoms with E-state index in [-0.39, 0.29) is 18.6 Å². The van der Waals surface area contributed by atoms with E-state index in [1.54, 1.807) is 22.7 Å². The van der Waals surface area contributed by atoms with Crippen molar-refractivity contribution in [3.05, 3.63) is 51.8 Å². The monoisotopic (exact) mass is 537 g/mol. The molecule has 3 N–H and O–H groups in total. The average molecular weight is 538 g/mol. The Labute approximate surface area is 224 Å². The minimum Gasteiger partial charge on any atom is -0.396 e. The molecule has 1 saturated carbocycles. The predicted molar refractivity (Wildman–Crippen MR) is 148 cm³/mol. The van der Waals surface area contributed by atoms with Gasteiger partial charge in [-0.05, 0) is 69.7 Å².